The molecule has 1 fully saturated rings. The summed E-state index contributed by atoms with van der Waals surface area (Å²) < 4.78 is 57.6. The summed E-state index contributed by atoms with van der Waals surface area (Å²) in [5.41, 5.74) is -1.57. The SMILES string of the molecule is C[C@@]1(NC(=O)CC[N+](C)(C)C)CS(=O)(=O)C[C@H]1S(=O)(=O)[O-]. The van der Waals surface area contributed by atoms with Crippen LogP contribution in [0.1, 0.15) is 13.3 Å². The molecule has 0 bridgehead atoms. The van der Waals surface area contributed by atoms with E-state index >= 15 is 0 Å². The zero-order valence-corrected chi connectivity index (χ0v) is 14.3. The van der Waals surface area contributed by atoms with Crippen molar-refractivity contribution in [2.24, 2.45) is 0 Å². The number of rotatable bonds is 5. The molecule has 1 rings (SSSR count). The molecule has 1 saturated heterocycles. The van der Waals surface area contributed by atoms with E-state index in [9.17, 15) is 26.2 Å². The van der Waals surface area contributed by atoms with E-state index in [2.05, 4.69) is 5.32 Å². The molecule has 0 aliphatic carbocycles. The van der Waals surface area contributed by atoms with Crippen LogP contribution in [0.2, 0.25) is 0 Å². The Kier molecular flexibility index (Phi) is 4.79. The van der Waals surface area contributed by atoms with Crippen molar-refractivity contribution >= 4 is 25.9 Å². The topological polar surface area (TPSA) is 120 Å². The molecule has 8 nitrogen and oxygen atoms in total. The minimum Gasteiger partial charge on any atom is -0.748 e. The second kappa shape index (κ2) is 5.49. The highest BCUT2D eigenvalue weighted by Crippen LogP contribution is 2.28. The molecule has 10 heteroatoms. The average Bonchev–Trinajstić information content (AvgIpc) is 2.44. The fraction of sp³-hybridized carbons (Fsp3) is 0.909. The second-order valence-corrected chi connectivity index (χ2v) is 10.4. The van der Waals surface area contributed by atoms with Crippen molar-refractivity contribution < 1.29 is 30.7 Å². The van der Waals surface area contributed by atoms with Crippen LogP contribution in [-0.2, 0) is 24.7 Å². The van der Waals surface area contributed by atoms with Crippen molar-refractivity contribution in [2.45, 2.75) is 24.1 Å². The van der Waals surface area contributed by atoms with E-state index in [-0.39, 0.29) is 6.42 Å². The largest absolute Gasteiger partial charge is 0.748 e. The number of nitrogens with one attached hydrogen (secondary N) is 1. The highest BCUT2D eigenvalue weighted by Gasteiger charge is 2.51. The number of nitrogens with zero attached hydrogens (tertiary/aromatic N) is 1. The molecule has 2 atom stereocenters. The van der Waals surface area contributed by atoms with Gasteiger partial charge in [-0.1, -0.05) is 0 Å². The van der Waals surface area contributed by atoms with E-state index in [1.807, 2.05) is 21.1 Å². The van der Waals surface area contributed by atoms with Crippen molar-refractivity contribution in [1.29, 1.82) is 0 Å². The van der Waals surface area contributed by atoms with Crippen molar-refractivity contribution in [3.05, 3.63) is 0 Å². The van der Waals surface area contributed by atoms with Crippen LogP contribution < -0.4 is 5.32 Å². The monoisotopic (exact) mass is 342 g/mol. The summed E-state index contributed by atoms with van der Waals surface area (Å²) in [6, 6.07) is 0. The molecule has 21 heavy (non-hydrogen) atoms. The van der Waals surface area contributed by atoms with Crippen LogP contribution in [0, 0.1) is 0 Å². The molecule has 0 spiro atoms. The Morgan fingerprint density at radius 3 is 2.33 bits per heavy atom. The fourth-order valence-electron chi connectivity index (χ4n) is 2.36. The van der Waals surface area contributed by atoms with Gasteiger partial charge in [-0.25, -0.2) is 16.8 Å². The van der Waals surface area contributed by atoms with Gasteiger partial charge < -0.3 is 14.4 Å². The summed E-state index contributed by atoms with van der Waals surface area (Å²) in [5.74, 6) is -1.75. The molecule has 0 aromatic heterocycles. The van der Waals surface area contributed by atoms with Crippen molar-refractivity contribution in [3.8, 4) is 0 Å². The average molecular weight is 342 g/mol. The first kappa shape index (κ1) is 18.3. The maximum Gasteiger partial charge on any atom is 0.226 e. The first-order valence-electron chi connectivity index (χ1n) is 6.41. The summed E-state index contributed by atoms with van der Waals surface area (Å²) in [5, 5.41) is 0.783. The van der Waals surface area contributed by atoms with E-state index in [1.165, 1.54) is 6.92 Å². The minimum atomic E-state index is -4.82. The molecule has 1 amide bonds. The number of hydrogen-bond donors (Lipinski definition) is 1. The van der Waals surface area contributed by atoms with Gasteiger partial charge in [-0.15, -0.1) is 0 Å². The van der Waals surface area contributed by atoms with Crippen LogP contribution in [0.4, 0.5) is 0 Å². The Hall–Kier alpha value is -0.710. The standard InChI is InChI=1S/C11H22N2O6S2/c1-11(12-10(14)5-6-13(2,3)4)8-20(15,16)7-9(11)21(17,18)19/h9H,5-8H2,1-4H3,(H-,12,14,17,18,19)/t9-,11-/m1/s1. The maximum atomic E-state index is 11.9. The van der Waals surface area contributed by atoms with Gasteiger partial charge in [0.05, 0.1) is 56.4 Å². The molecular formula is C11H22N2O6S2. The quantitative estimate of drug-likeness (QED) is 0.470. The van der Waals surface area contributed by atoms with Crippen LogP contribution in [-0.4, -0.2) is 81.8 Å². The van der Waals surface area contributed by atoms with Gasteiger partial charge >= 0.3 is 0 Å². The number of carbonyl (C=O) groups excluding carboxylic acids is 1. The maximum absolute atomic E-state index is 11.9. The lowest BCUT2D eigenvalue weighted by Gasteiger charge is -2.33. The number of carbonyl (C=O) groups is 1. The van der Waals surface area contributed by atoms with E-state index in [0.717, 1.165) is 0 Å². The molecule has 0 radical (unpaired) electrons. The van der Waals surface area contributed by atoms with E-state index in [1.54, 1.807) is 0 Å². The van der Waals surface area contributed by atoms with Gasteiger partial charge in [-0.05, 0) is 6.92 Å². The van der Waals surface area contributed by atoms with Gasteiger partial charge in [-0.2, -0.15) is 0 Å². The zero-order chi connectivity index (χ0) is 16.7. The Balaban J connectivity index is 2.90. The first-order valence-corrected chi connectivity index (χ1v) is 9.71. The third-order valence-corrected chi connectivity index (χ3v) is 6.89. The van der Waals surface area contributed by atoms with Gasteiger partial charge in [0.1, 0.15) is 10.1 Å². The van der Waals surface area contributed by atoms with Crippen molar-refractivity contribution in [2.75, 3.05) is 39.2 Å². The van der Waals surface area contributed by atoms with Gasteiger partial charge in [-0.3, -0.25) is 4.79 Å². The van der Waals surface area contributed by atoms with Crippen LogP contribution in [0.3, 0.4) is 0 Å². The number of amides is 1. The predicted octanol–water partition coefficient (Wildman–Crippen LogP) is -1.70. The summed E-state index contributed by atoms with van der Waals surface area (Å²) in [6.07, 6.45) is 0.116. The van der Waals surface area contributed by atoms with Crippen molar-refractivity contribution in [1.82, 2.24) is 5.32 Å². The highest BCUT2D eigenvalue weighted by molar-refractivity contribution is 7.94. The summed E-state index contributed by atoms with van der Waals surface area (Å²) in [6.45, 7) is 1.80. The number of hydrogen-bond acceptors (Lipinski definition) is 6. The van der Waals surface area contributed by atoms with Crippen LogP contribution in [0.5, 0.6) is 0 Å². The normalized spacial score (nSPS) is 29.3. The summed E-state index contributed by atoms with van der Waals surface area (Å²) in [7, 11) is -2.82. The lowest BCUT2D eigenvalue weighted by Crippen LogP contribution is -2.57. The van der Waals surface area contributed by atoms with Crippen molar-refractivity contribution in [3.63, 3.8) is 0 Å². The van der Waals surface area contributed by atoms with Crippen LogP contribution in [0.15, 0.2) is 0 Å². The Bertz CT molecular complexity index is 620. The molecular weight excluding hydrogens is 320 g/mol. The lowest BCUT2D eigenvalue weighted by molar-refractivity contribution is -0.869. The molecule has 1 N–H and O–H groups in total. The van der Waals surface area contributed by atoms with Gasteiger partial charge in [0.2, 0.25) is 5.91 Å². The molecule has 1 heterocycles. The minimum absolute atomic E-state index is 0.116. The van der Waals surface area contributed by atoms with Gasteiger partial charge in [0.25, 0.3) is 0 Å². The lowest BCUT2D eigenvalue weighted by atomic mass is 10.0. The number of sulfone groups is 1. The molecule has 0 unspecified atom stereocenters. The van der Waals surface area contributed by atoms with Crippen LogP contribution in [0.25, 0.3) is 0 Å². The Labute approximate surface area is 125 Å². The second-order valence-electron chi connectivity index (χ2n) is 6.77. The zero-order valence-electron chi connectivity index (χ0n) is 12.6. The highest BCUT2D eigenvalue weighted by atomic mass is 32.2. The Morgan fingerprint density at radius 1 is 1.38 bits per heavy atom. The molecule has 0 aromatic rings. The molecule has 0 saturated carbocycles. The first-order chi connectivity index (χ1) is 9.15. The van der Waals surface area contributed by atoms with Crippen LogP contribution >= 0.6 is 0 Å². The summed E-state index contributed by atoms with van der Waals surface area (Å²) >= 11 is 0. The fourth-order valence-corrected chi connectivity index (χ4v) is 6.67. The van der Waals surface area contributed by atoms with E-state index in [4.69, 9.17) is 0 Å². The molecule has 1 aliphatic heterocycles. The predicted molar refractivity (Wildman–Crippen MR) is 76.2 cm³/mol. The third kappa shape index (κ3) is 5.20. The smallest absolute Gasteiger partial charge is 0.226 e. The van der Waals surface area contributed by atoms with E-state index in [0.29, 0.717) is 11.0 Å². The van der Waals surface area contributed by atoms with Gasteiger partial charge in [0.15, 0.2) is 9.84 Å². The molecule has 1 aliphatic rings. The van der Waals surface area contributed by atoms with Gasteiger partial charge in [0, 0.05) is 0 Å². The third-order valence-electron chi connectivity index (χ3n) is 3.42. The number of quaternary nitrogens is 1. The summed E-state index contributed by atoms with van der Waals surface area (Å²) in [4.78, 5) is 11.9. The Morgan fingerprint density at radius 2 is 1.90 bits per heavy atom. The van der Waals surface area contributed by atoms with E-state index < -0.39 is 48.2 Å². The molecule has 124 valence electrons. The molecule has 0 aromatic carbocycles.